The molecule has 2 nitrogen and oxygen atoms in total. The summed E-state index contributed by atoms with van der Waals surface area (Å²) in [5.74, 6) is -0.403. The van der Waals surface area contributed by atoms with Gasteiger partial charge in [0, 0.05) is 4.88 Å². The molecule has 18 heavy (non-hydrogen) atoms. The molecule has 0 bridgehead atoms. The largest absolute Gasteiger partial charge is 0.307 e. The molecule has 0 fully saturated rings. The van der Waals surface area contributed by atoms with Gasteiger partial charge in [0.15, 0.2) is 0 Å². The maximum absolute atomic E-state index is 13.5. The van der Waals surface area contributed by atoms with Gasteiger partial charge in [-0.1, -0.05) is 17.7 Å². The van der Waals surface area contributed by atoms with Crippen LogP contribution in [0.5, 0.6) is 0 Å². The summed E-state index contributed by atoms with van der Waals surface area (Å²) in [7, 11) is 1.84. The SMILES string of the molecule is CNC(c1ccc(Cl)c(F)c1)c1nc(C)c(C)s1. The van der Waals surface area contributed by atoms with Crippen molar-refractivity contribution in [2.75, 3.05) is 7.05 Å². The molecule has 0 saturated carbocycles. The molecular weight excluding hydrogens is 271 g/mol. The highest BCUT2D eigenvalue weighted by Crippen LogP contribution is 2.29. The smallest absolute Gasteiger partial charge is 0.142 e. The van der Waals surface area contributed by atoms with E-state index in [0.29, 0.717) is 0 Å². The maximum atomic E-state index is 13.5. The van der Waals surface area contributed by atoms with Gasteiger partial charge in [-0.15, -0.1) is 11.3 Å². The highest BCUT2D eigenvalue weighted by atomic mass is 35.5. The molecule has 0 aliphatic heterocycles. The van der Waals surface area contributed by atoms with Crippen LogP contribution in [0.2, 0.25) is 5.02 Å². The zero-order valence-electron chi connectivity index (χ0n) is 10.4. The Morgan fingerprint density at radius 3 is 2.61 bits per heavy atom. The number of thiazole rings is 1. The summed E-state index contributed by atoms with van der Waals surface area (Å²) >= 11 is 7.32. The molecule has 5 heteroatoms. The fourth-order valence-corrected chi connectivity index (χ4v) is 2.92. The summed E-state index contributed by atoms with van der Waals surface area (Å²) in [4.78, 5) is 5.69. The van der Waals surface area contributed by atoms with Crippen molar-refractivity contribution in [1.29, 1.82) is 0 Å². The van der Waals surface area contributed by atoms with Crippen LogP contribution in [0, 0.1) is 19.7 Å². The lowest BCUT2D eigenvalue weighted by atomic mass is 10.1. The number of nitrogens with zero attached hydrogens (tertiary/aromatic N) is 1. The standard InChI is InChI=1S/C13H14ClFN2S/c1-7-8(2)18-13(17-7)12(16-3)9-4-5-10(14)11(15)6-9/h4-6,12,16H,1-3H3. The van der Waals surface area contributed by atoms with E-state index in [4.69, 9.17) is 11.6 Å². The topological polar surface area (TPSA) is 24.9 Å². The van der Waals surface area contributed by atoms with Gasteiger partial charge in [0.05, 0.1) is 16.8 Å². The monoisotopic (exact) mass is 284 g/mol. The molecule has 1 N–H and O–H groups in total. The normalized spacial score (nSPS) is 12.7. The van der Waals surface area contributed by atoms with Crippen LogP contribution in [0.15, 0.2) is 18.2 Å². The molecule has 0 radical (unpaired) electrons. The second-order valence-electron chi connectivity index (χ2n) is 4.09. The van der Waals surface area contributed by atoms with E-state index in [1.165, 1.54) is 10.9 Å². The van der Waals surface area contributed by atoms with Gasteiger partial charge < -0.3 is 5.32 Å². The van der Waals surface area contributed by atoms with Crippen molar-refractivity contribution < 1.29 is 4.39 Å². The number of rotatable bonds is 3. The second kappa shape index (κ2) is 5.34. The maximum Gasteiger partial charge on any atom is 0.142 e. The van der Waals surface area contributed by atoms with Crippen LogP contribution in [-0.4, -0.2) is 12.0 Å². The molecule has 1 atom stereocenters. The van der Waals surface area contributed by atoms with Gasteiger partial charge in [0.1, 0.15) is 10.8 Å². The molecule has 0 aliphatic carbocycles. The predicted molar refractivity (Wildman–Crippen MR) is 73.9 cm³/mol. The van der Waals surface area contributed by atoms with E-state index in [9.17, 15) is 4.39 Å². The van der Waals surface area contributed by atoms with Gasteiger partial charge in [0.25, 0.3) is 0 Å². The predicted octanol–water partition coefficient (Wildman–Crippen LogP) is 3.86. The summed E-state index contributed by atoms with van der Waals surface area (Å²) in [5, 5.41) is 4.24. The molecule has 1 unspecified atom stereocenters. The molecule has 0 amide bonds. The van der Waals surface area contributed by atoms with Crippen molar-refractivity contribution in [2.45, 2.75) is 19.9 Å². The van der Waals surface area contributed by atoms with Crippen molar-refractivity contribution in [3.05, 3.63) is 50.2 Å². The molecular formula is C13H14ClFN2S. The minimum atomic E-state index is -0.403. The van der Waals surface area contributed by atoms with Crippen LogP contribution in [0.4, 0.5) is 4.39 Å². The summed E-state index contributed by atoms with van der Waals surface area (Å²) in [5.41, 5.74) is 1.85. The number of hydrogen-bond donors (Lipinski definition) is 1. The van der Waals surface area contributed by atoms with E-state index in [1.54, 1.807) is 17.4 Å². The van der Waals surface area contributed by atoms with Crippen molar-refractivity contribution in [1.82, 2.24) is 10.3 Å². The van der Waals surface area contributed by atoms with Crippen LogP contribution in [0.25, 0.3) is 0 Å². The minimum Gasteiger partial charge on any atom is -0.307 e. The lowest BCUT2D eigenvalue weighted by Gasteiger charge is -2.14. The average molecular weight is 285 g/mol. The first-order chi connectivity index (χ1) is 8.52. The number of halogens is 2. The molecule has 2 aromatic rings. The number of aryl methyl sites for hydroxylation is 2. The number of nitrogens with one attached hydrogen (secondary N) is 1. The number of hydrogen-bond acceptors (Lipinski definition) is 3. The fourth-order valence-electron chi connectivity index (χ4n) is 1.75. The Labute approximate surface area is 115 Å². The van der Waals surface area contributed by atoms with Crippen LogP contribution in [0.1, 0.15) is 27.2 Å². The van der Waals surface area contributed by atoms with Gasteiger partial charge >= 0.3 is 0 Å². The van der Waals surface area contributed by atoms with Crippen molar-refractivity contribution in [2.24, 2.45) is 0 Å². The lowest BCUT2D eigenvalue weighted by Crippen LogP contribution is -2.17. The van der Waals surface area contributed by atoms with E-state index >= 15 is 0 Å². The van der Waals surface area contributed by atoms with Gasteiger partial charge in [-0.2, -0.15) is 0 Å². The molecule has 0 spiro atoms. The highest BCUT2D eigenvalue weighted by Gasteiger charge is 2.18. The van der Waals surface area contributed by atoms with E-state index in [2.05, 4.69) is 10.3 Å². The Balaban J connectivity index is 2.41. The average Bonchev–Trinajstić information content (AvgIpc) is 2.65. The van der Waals surface area contributed by atoms with Gasteiger partial charge in [-0.25, -0.2) is 9.37 Å². The molecule has 0 saturated heterocycles. The van der Waals surface area contributed by atoms with Crippen LogP contribution >= 0.6 is 22.9 Å². The minimum absolute atomic E-state index is 0.103. The summed E-state index contributed by atoms with van der Waals surface area (Å²) in [6, 6.07) is 4.74. The Morgan fingerprint density at radius 1 is 1.39 bits per heavy atom. The quantitative estimate of drug-likeness (QED) is 0.926. The Kier molecular flexibility index (Phi) is 4.00. The third kappa shape index (κ3) is 2.55. The Bertz CT molecular complexity index is 549. The second-order valence-corrected chi connectivity index (χ2v) is 5.73. The first-order valence-electron chi connectivity index (χ1n) is 5.59. The van der Waals surface area contributed by atoms with Crippen molar-refractivity contribution >= 4 is 22.9 Å². The first-order valence-corrected chi connectivity index (χ1v) is 6.78. The summed E-state index contributed by atoms with van der Waals surface area (Å²) in [6.45, 7) is 4.01. The highest BCUT2D eigenvalue weighted by molar-refractivity contribution is 7.11. The third-order valence-electron chi connectivity index (χ3n) is 2.86. The van der Waals surface area contributed by atoms with Gasteiger partial charge in [-0.05, 0) is 38.6 Å². The summed E-state index contributed by atoms with van der Waals surface area (Å²) in [6.07, 6.45) is 0. The Morgan fingerprint density at radius 2 is 2.11 bits per heavy atom. The van der Waals surface area contributed by atoms with Crippen LogP contribution in [-0.2, 0) is 0 Å². The van der Waals surface area contributed by atoms with Crippen molar-refractivity contribution in [3.8, 4) is 0 Å². The zero-order valence-corrected chi connectivity index (χ0v) is 12.0. The first kappa shape index (κ1) is 13.5. The third-order valence-corrected chi connectivity index (χ3v) is 4.30. The zero-order chi connectivity index (χ0) is 13.3. The molecule has 1 aromatic heterocycles. The Hall–Kier alpha value is -0.970. The van der Waals surface area contributed by atoms with Crippen LogP contribution < -0.4 is 5.32 Å². The fraction of sp³-hybridized carbons (Fsp3) is 0.308. The van der Waals surface area contributed by atoms with E-state index in [-0.39, 0.29) is 11.1 Å². The lowest BCUT2D eigenvalue weighted by molar-refractivity contribution is 0.616. The number of benzene rings is 1. The molecule has 1 heterocycles. The van der Waals surface area contributed by atoms with E-state index in [0.717, 1.165) is 16.3 Å². The molecule has 1 aromatic carbocycles. The van der Waals surface area contributed by atoms with Gasteiger partial charge in [0.2, 0.25) is 0 Å². The molecule has 0 aliphatic rings. The molecule has 2 rings (SSSR count). The van der Waals surface area contributed by atoms with Crippen LogP contribution in [0.3, 0.4) is 0 Å². The van der Waals surface area contributed by atoms with E-state index < -0.39 is 5.82 Å². The van der Waals surface area contributed by atoms with Crippen molar-refractivity contribution in [3.63, 3.8) is 0 Å². The summed E-state index contributed by atoms with van der Waals surface area (Å²) < 4.78 is 13.5. The molecule has 96 valence electrons. The van der Waals surface area contributed by atoms with Gasteiger partial charge in [-0.3, -0.25) is 0 Å². The van der Waals surface area contributed by atoms with E-state index in [1.807, 2.05) is 27.0 Å². The number of aromatic nitrogens is 1.